The first-order valence-corrected chi connectivity index (χ1v) is 8.98. The van der Waals surface area contributed by atoms with Gasteiger partial charge >= 0.3 is 0 Å². The molecule has 1 heterocycles. The predicted octanol–water partition coefficient (Wildman–Crippen LogP) is 4.20. The Morgan fingerprint density at radius 2 is 1.63 bits per heavy atom. The number of benzene rings is 1. The molecule has 1 aliphatic heterocycles. The second-order valence-corrected chi connectivity index (χ2v) is 7.19. The largest absolute Gasteiger partial charge is 0.311 e. The maximum absolute atomic E-state index is 3.99. The summed E-state index contributed by atoms with van der Waals surface area (Å²) in [4.78, 5) is 0. The average molecular weight is 275 g/mol. The summed E-state index contributed by atoms with van der Waals surface area (Å²) in [5.41, 5.74) is 1.55. The van der Waals surface area contributed by atoms with Crippen LogP contribution in [0.25, 0.3) is 0 Å². The number of nitrogens with one attached hydrogen (secondary N) is 1. The van der Waals surface area contributed by atoms with E-state index in [0.717, 1.165) is 12.0 Å². The molecule has 19 heavy (non-hydrogen) atoms. The van der Waals surface area contributed by atoms with Crippen LogP contribution in [-0.4, -0.2) is 23.6 Å². The Hall–Kier alpha value is -0.470. The monoisotopic (exact) mass is 275 g/mol. The molecule has 1 aromatic rings. The summed E-state index contributed by atoms with van der Waals surface area (Å²) in [6, 6.07) is 12.6. The van der Waals surface area contributed by atoms with Gasteiger partial charge in [0.05, 0.1) is 0 Å². The Balaban J connectivity index is 1.66. The van der Waals surface area contributed by atoms with Crippen LogP contribution in [0.5, 0.6) is 0 Å². The van der Waals surface area contributed by atoms with Gasteiger partial charge in [-0.3, -0.25) is 0 Å². The van der Waals surface area contributed by atoms with Crippen molar-refractivity contribution in [3.8, 4) is 0 Å². The van der Waals surface area contributed by atoms with E-state index in [9.17, 15) is 0 Å². The molecule has 104 valence electrons. The Labute approximate surface area is 121 Å². The number of hydrogen-bond donors (Lipinski definition) is 1. The Kier molecular flexibility index (Phi) is 4.84. The van der Waals surface area contributed by atoms with Crippen molar-refractivity contribution in [1.29, 1.82) is 0 Å². The van der Waals surface area contributed by atoms with Crippen molar-refractivity contribution in [3.05, 3.63) is 35.9 Å². The van der Waals surface area contributed by atoms with Gasteiger partial charge in [0.15, 0.2) is 0 Å². The van der Waals surface area contributed by atoms with Crippen LogP contribution in [0.3, 0.4) is 0 Å². The summed E-state index contributed by atoms with van der Waals surface area (Å²) >= 11 is 2.12. The van der Waals surface area contributed by atoms with Crippen LogP contribution in [0, 0.1) is 0 Å². The minimum absolute atomic E-state index is 0.712. The highest BCUT2D eigenvalue weighted by molar-refractivity contribution is 7.99. The van der Waals surface area contributed by atoms with Crippen molar-refractivity contribution in [2.75, 3.05) is 11.5 Å². The summed E-state index contributed by atoms with van der Waals surface area (Å²) in [5, 5.41) is 3.99. The molecule has 1 aliphatic carbocycles. The smallest absolute Gasteiger partial charge is 0.0138 e. The highest BCUT2D eigenvalue weighted by atomic mass is 32.2. The maximum Gasteiger partial charge on any atom is 0.0138 e. The number of hydrogen-bond acceptors (Lipinski definition) is 2. The first-order chi connectivity index (χ1) is 9.43. The molecule has 1 N–H and O–H groups in total. The van der Waals surface area contributed by atoms with Crippen LogP contribution in [0.2, 0.25) is 0 Å². The maximum atomic E-state index is 3.99. The van der Waals surface area contributed by atoms with E-state index < -0.39 is 0 Å². The van der Waals surface area contributed by atoms with Gasteiger partial charge in [-0.1, -0.05) is 43.2 Å². The van der Waals surface area contributed by atoms with Gasteiger partial charge < -0.3 is 5.32 Å². The second-order valence-electron chi connectivity index (χ2n) is 5.96. The lowest BCUT2D eigenvalue weighted by atomic mass is 9.79. The molecule has 0 amide bonds. The van der Waals surface area contributed by atoms with E-state index in [2.05, 4.69) is 47.4 Å². The Bertz CT molecular complexity index is 372. The zero-order chi connectivity index (χ0) is 12.9. The molecule has 3 rings (SSSR count). The summed E-state index contributed by atoms with van der Waals surface area (Å²) in [6.07, 6.45) is 8.26. The third kappa shape index (κ3) is 3.55. The Morgan fingerprint density at radius 1 is 0.895 bits per heavy atom. The van der Waals surface area contributed by atoms with Crippen LogP contribution >= 0.6 is 11.8 Å². The summed E-state index contributed by atoms with van der Waals surface area (Å²) in [7, 11) is 0. The average Bonchev–Trinajstić information content (AvgIpc) is 2.50. The molecular weight excluding hydrogens is 250 g/mol. The number of thioether (sulfide) groups is 1. The van der Waals surface area contributed by atoms with E-state index >= 15 is 0 Å². The quantitative estimate of drug-likeness (QED) is 0.887. The molecule has 1 saturated heterocycles. The zero-order valence-corrected chi connectivity index (χ0v) is 12.5. The molecule has 2 fully saturated rings. The van der Waals surface area contributed by atoms with E-state index in [1.165, 1.54) is 50.0 Å². The number of rotatable bonds is 3. The summed E-state index contributed by atoms with van der Waals surface area (Å²) < 4.78 is 0. The van der Waals surface area contributed by atoms with E-state index in [1.54, 1.807) is 5.56 Å². The molecule has 2 aliphatic rings. The topological polar surface area (TPSA) is 12.0 Å². The highest BCUT2D eigenvalue weighted by Crippen LogP contribution is 2.34. The molecule has 1 nitrogen and oxygen atoms in total. The fourth-order valence-corrected chi connectivity index (χ4v) is 4.70. The van der Waals surface area contributed by atoms with Crippen LogP contribution in [0.1, 0.15) is 50.0 Å². The van der Waals surface area contributed by atoms with Crippen LogP contribution in [0.15, 0.2) is 30.3 Å². The van der Waals surface area contributed by atoms with Gasteiger partial charge in [-0.2, -0.15) is 11.8 Å². The van der Waals surface area contributed by atoms with Crippen molar-refractivity contribution < 1.29 is 0 Å². The lowest BCUT2D eigenvalue weighted by molar-refractivity contribution is 0.291. The highest BCUT2D eigenvalue weighted by Gasteiger charge is 2.28. The summed E-state index contributed by atoms with van der Waals surface area (Å²) in [6.45, 7) is 0. The van der Waals surface area contributed by atoms with Gasteiger partial charge in [0.2, 0.25) is 0 Å². The van der Waals surface area contributed by atoms with Gasteiger partial charge in [0.25, 0.3) is 0 Å². The molecule has 0 aromatic heterocycles. The minimum atomic E-state index is 0.712. The molecule has 2 heteroatoms. The minimum Gasteiger partial charge on any atom is -0.311 e. The van der Waals surface area contributed by atoms with E-state index in [4.69, 9.17) is 0 Å². The molecule has 2 atom stereocenters. The van der Waals surface area contributed by atoms with Crippen LogP contribution in [0.4, 0.5) is 0 Å². The fraction of sp³-hybridized carbons (Fsp3) is 0.647. The van der Waals surface area contributed by atoms with Crippen molar-refractivity contribution in [3.63, 3.8) is 0 Å². The van der Waals surface area contributed by atoms with Gasteiger partial charge in [-0.15, -0.1) is 0 Å². The second kappa shape index (κ2) is 6.81. The summed E-state index contributed by atoms with van der Waals surface area (Å²) in [5.74, 6) is 3.44. The standard InChI is InChI=1S/C17H25NS/c1-2-6-14(7-3-1)16-8-4-5-9-17(16)18-15-10-12-19-13-11-15/h1-3,6-7,15-18H,4-5,8-13H2. The molecule has 1 saturated carbocycles. The van der Waals surface area contributed by atoms with Crippen molar-refractivity contribution in [2.24, 2.45) is 0 Å². The predicted molar refractivity (Wildman–Crippen MR) is 84.9 cm³/mol. The van der Waals surface area contributed by atoms with Gasteiger partial charge in [-0.25, -0.2) is 0 Å². The molecule has 2 unspecified atom stereocenters. The van der Waals surface area contributed by atoms with Crippen molar-refractivity contribution >= 4 is 11.8 Å². The third-order valence-electron chi connectivity index (χ3n) is 4.66. The molecule has 0 spiro atoms. The van der Waals surface area contributed by atoms with Gasteiger partial charge in [0, 0.05) is 12.1 Å². The van der Waals surface area contributed by atoms with E-state index in [1.807, 2.05) is 0 Å². The molecule has 1 aromatic carbocycles. The van der Waals surface area contributed by atoms with Crippen molar-refractivity contribution in [1.82, 2.24) is 5.32 Å². The molecule has 0 radical (unpaired) electrons. The van der Waals surface area contributed by atoms with Crippen LogP contribution < -0.4 is 5.32 Å². The van der Waals surface area contributed by atoms with E-state index in [0.29, 0.717) is 6.04 Å². The first-order valence-electron chi connectivity index (χ1n) is 7.82. The fourth-order valence-electron chi connectivity index (χ4n) is 3.60. The van der Waals surface area contributed by atoms with E-state index in [-0.39, 0.29) is 0 Å². The van der Waals surface area contributed by atoms with Crippen LogP contribution in [-0.2, 0) is 0 Å². The SMILES string of the molecule is c1ccc(C2CCCCC2NC2CCSCC2)cc1. The first kappa shape index (κ1) is 13.5. The normalized spacial score (nSPS) is 29.3. The molecule has 0 bridgehead atoms. The lowest BCUT2D eigenvalue weighted by Crippen LogP contribution is -2.44. The lowest BCUT2D eigenvalue weighted by Gasteiger charge is -2.36. The zero-order valence-electron chi connectivity index (χ0n) is 11.7. The van der Waals surface area contributed by atoms with Gasteiger partial charge in [0.1, 0.15) is 0 Å². The third-order valence-corrected chi connectivity index (χ3v) is 5.71. The molecular formula is C17H25NS. The van der Waals surface area contributed by atoms with Crippen molar-refractivity contribution in [2.45, 2.75) is 56.5 Å². The van der Waals surface area contributed by atoms with Gasteiger partial charge in [-0.05, 0) is 48.7 Å². The Morgan fingerprint density at radius 3 is 2.42 bits per heavy atom.